The number of hydrogen-bond acceptors (Lipinski definition) is 2. The fourth-order valence-electron chi connectivity index (χ4n) is 5.99. The van der Waals surface area contributed by atoms with Crippen LogP contribution in [-0.4, -0.2) is 9.97 Å². The zero-order valence-electron chi connectivity index (χ0n) is 19.2. The maximum absolute atomic E-state index is 4.74. The van der Waals surface area contributed by atoms with Crippen LogP contribution in [0.3, 0.4) is 0 Å². The van der Waals surface area contributed by atoms with Gasteiger partial charge in [-0.15, -0.1) is 0 Å². The van der Waals surface area contributed by atoms with E-state index in [2.05, 4.69) is 50.5 Å². The van der Waals surface area contributed by atoms with Gasteiger partial charge >= 0.3 is 0 Å². The molecule has 0 saturated heterocycles. The highest BCUT2D eigenvalue weighted by Crippen LogP contribution is 2.39. The van der Waals surface area contributed by atoms with Gasteiger partial charge in [0.1, 0.15) is 0 Å². The fourth-order valence-corrected chi connectivity index (χ4v) is 5.99. The van der Waals surface area contributed by atoms with Crippen molar-refractivity contribution < 1.29 is 0 Å². The van der Waals surface area contributed by atoms with Gasteiger partial charge in [0.05, 0.1) is 0 Å². The van der Waals surface area contributed by atoms with Gasteiger partial charge < -0.3 is 0 Å². The van der Waals surface area contributed by atoms with Crippen LogP contribution in [0.4, 0.5) is 0 Å². The molecule has 2 nitrogen and oxygen atoms in total. The minimum Gasteiger partial charge on any atom is -0.236 e. The van der Waals surface area contributed by atoms with Crippen LogP contribution >= 0.6 is 0 Å². The summed E-state index contributed by atoms with van der Waals surface area (Å²) in [5, 5.41) is 0. The molecule has 2 aliphatic carbocycles. The summed E-state index contributed by atoms with van der Waals surface area (Å²) in [6.07, 6.45) is 20.6. The molecule has 0 radical (unpaired) electrons. The van der Waals surface area contributed by atoms with Crippen molar-refractivity contribution in [3.8, 4) is 11.4 Å². The monoisotopic (exact) mass is 404 g/mol. The summed E-state index contributed by atoms with van der Waals surface area (Å²) in [5.74, 6) is 4.21. The van der Waals surface area contributed by atoms with Crippen molar-refractivity contribution in [3.05, 3.63) is 47.8 Å². The van der Waals surface area contributed by atoms with Gasteiger partial charge in [-0.05, 0) is 86.2 Å². The Labute approximate surface area is 183 Å². The average molecular weight is 405 g/mol. The third-order valence-corrected chi connectivity index (χ3v) is 7.87. The quantitative estimate of drug-likeness (QED) is 0.464. The lowest BCUT2D eigenvalue weighted by Gasteiger charge is -2.28. The molecule has 0 amide bonds. The van der Waals surface area contributed by atoms with Crippen molar-refractivity contribution >= 4 is 0 Å². The topological polar surface area (TPSA) is 25.8 Å². The molecule has 2 aromatic rings. The summed E-state index contributed by atoms with van der Waals surface area (Å²) in [7, 11) is 0. The van der Waals surface area contributed by atoms with Crippen LogP contribution in [0.15, 0.2) is 36.7 Å². The molecule has 0 bridgehead atoms. The van der Waals surface area contributed by atoms with Crippen molar-refractivity contribution in [1.29, 1.82) is 0 Å². The molecule has 1 aromatic carbocycles. The largest absolute Gasteiger partial charge is 0.236 e. The van der Waals surface area contributed by atoms with Gasteiger partial charge in [0, 0.05) is 18.0 Å². The van der Waals surface area contributed by atoms with Crippen molar-refractivity contribution in [3.63, 3.8) is 0 Å². The Hall–Kier alpha value is -1.70. The van der Waals surface area contributed by atoms with Crippen molar-refractivity contribution in [2.75, 3.05) is 0 Å². The SMILES string of the molecule is CCCC1CCC(c2ccc(-c3ncc(C4CCC(CCC)CC4)cn3)cc2)CC1. The van der Waals surface area contributed by atoms with E-state index in [1.54, 1.807) is 0 Å². The molecule has 1 aromatic heterocycles. The molecule has 0 spiro atoms. The Morgan fingerprint density at radius 1 is 0.633 bits per heavy atom. The lowest BCUT2D eigenvalue weighted by atomic mass is 9.77. The molecule has 1 heterocycles. The first-order valence-corrected chi connectivity index (χ1v) is 12.7. The van der Waals surface area contributed by atoms with Crippen LogP contribution in [0.5, 0.6) is 0 Å². The zero-order valence-corrected chi connectivity index (χ0v) is 19.2. The van der Waals surface area contributed by atoms with E-state index in [-0.39, 0.29) is 0 Å². The Morgan fingerprint density at radius 2 is 1.10 bits per heavy atom. The summed E-state index contributed by atoms with van der Waals surface area (Å²) in [5.41, 5.74) is 4.00. The second kappa shape index (κ2) is 10.6. The van der Waals surface area contributed by atoms with Crippen LogP contribution in [0.25, 0.3) is 11.4 Å². The summed E-state index contributed by atoms with van der Waals surface area (Å²) in [4.78, 5) is 9.48. The summed E-state index contributed by atoms with van der Waals surface area (Å²) >= 11 is 0. The molecule has 0 aliphatic heterocycles. The maximum atomic E-state index is 4.74. The Bertz CT molecular complexity index is 681. The van der Waals surface area contributed by atoms with E-state index in [1.165, 1.54) is 88.2 Å². The molecule has 2 aliphatic rings. The molecular formula is C28H40N2. The number of nitrogens with zero attached hydrogens (tertiary/aromatic N) is 2. The van der Waals surface area contributed by atoms with E-state index in [0.717, 1.165) is 29.1 Å². The van der Waals surface area contributed by atoms with Gasteiger partial charge in [-0.1, -0.05) is 63.8 Å². The lowest BCUT2D eigenvalue weighted by Crippen LogP contribution is -2.13. The number of aromatic nitrogens is 2. The predicted octanol–water partition coefficient (Wildman–Crippen LogP) is 8.29. The van der Waals surface area contributed by atoms with E-state index < -0.39 is 0 Å². The minimum atomic E-state index is 0.664. The molecule has 0 unspecified atom stereocenters. The van der Waals surface area contributed by atoms with Gasteiger partial charge in [0.25, 0.3) is 0 Å². The van der Waals surface area contributed by atoms with Crippen LogP contribution in [0.1, 0.15) is 114 Å². The molecule has 4 rings (SSSR count). The van der Waals surface area contributed by atoms with Crippen molar-refractivity contribution in [1.82, 2.24) is 9.97 Å². The molecule has 2 saturated carbocycles. The summed E-state index contributed by atoms with van der Waals surface area (Å²) < 4.78 is 0. The van der Waals surface area contributed by atoms with E-state index in [0.29, 0.717) is 5.92 Å². The first kappa shape index (κ1) is 21.5. The zero-order chi connectivity index (χ0) is 20.8. The highest BCUT2D eigenvalue weighted by atomic mass is 14.9. The van der Waals surface area contributed by atoms with Crippen molar-refractivity contribution in [2.45, 2.75) is 103 Å². The molecule has 0 atom stereocenters. The minimum absolute atomic E-state index is 0.664. The molecular weight excluding hydrogens is 364 g/mol. The van der Waals surface area contributed by atoms with E-state index in [4.69, 9.17) is 9.97 Å². The van der Waals surface area contributed by atoms with E-state index >= 15 is 0 Å². The number of hydrogen-bond donors (Lipinski definition) is 0. The van der Waals surface area contributed by atoms with Crippen molar-refractivity contribution in [2.24, 2.45) is 11.8 Å². The molecule has 162 valence electrons. The average Bonchev–Trinajstić information content (AvgIpc) is 2.81. The molecule has 2 heteroatoms. The van der Waals surface area contributed by atoms with Gasteiger partial charge in [-0.25, -0.2) is 9.97 Å². The predicted molar refractivity (Wildman–Crippen MR) is 127 cm³/mol. The van der Waals surface area contributed by atoms with Crippen LogP contribution in [-0.2, 0) is 0 Å². The number of benzene rings is 1. The normalized spacial score (nSPS) is 27.1. The van der Waals surface area contributed by atoms with Gasteiger partial charge in [-0.3, -0.25) is 0 Å². The Kier molecular flexibility index (Phi) is 7.57. The smallest absolute Gasteiger partial charge is 0.159 e. The maximum Gasteiger partial charge on any atom is 0.159 e. The molecule has 0 N–H and O–H groups in total. The highest BCUT2D eigenvalue weighted by molar-refractivity contribution is 5.55. The standard InChI is InChI=1S/C28H40N2/c1-3-5-21-7-11-23(12-8-21)24-15-17-26(18-16-24)28-29-19-27(20-30-28)25-13-9-22(6-4-2)10-14-25/h15-23,25H,3-14H2,1-2H3. The molecule has 2 fully saturated rings. The van der Waals surface area contributed by atoms with E-state index in [9.17, 15) is 0 Å². The highest BCUT2D eigenvalue weighted by Gasteiger charge is 2.23. The Balaban J connectivity index is 1.33. The molecule has 30 heavy (non-hydrogen) atoms. The first-order chi connectivity index (χ1) is 14.8. The van der Waals surface area contributed by atoms with Crippen LogP contribution in [0.2, 0.25) is 0 Å². The second-order valence-electron chi connectivity index (χ2n) is 9.97. The lowest BCUT2D eigenvalue weighted by molar-refractivity contribution is 0.308. The van der Waals surface area contributed by atoms with Crippen LogP contribution in [0, 0.1) is 11.8 Å². The second-order valence-corrected chi connectivity index (χ2v) is 9.97. The van der Waals surface area contributed by atoms with E-state index in [1.807, 2.05) is 0 Å². The number of rotatable bonds is 7. The third kappa shape index (κ3) is 5.31. The summed E-state index contributed by atoms with van der Waals surface area (Å²) in [6, 6.07) is 9.12. The fraction of sp³-hybridized carbons (Fsp3) is 0.643. The van der Waals surface area contributed by atoms with Crippen LogP contribution < -0.4 is 0 Å². The Morgan fingerprint density at radius 3 is 1.57 bits per heavy atom. The summed E-state index contributed by atoms with van der Waals surface area (Å²) in [6.45, 7) is 4.63. The van der Waals surface area contributed by atoms with Gasteiger partial charge in [0.2, 0.25) is 0 Å². The first-order valence-electron chi connectivity index (χ1n) is 12.7. The van der Waals surface area contributed by atoms with Gasteiger partial charge in [0.15, 0.2) is 5.82 Å². The van der Waals surface area contributed by atoms with Gasteiger partial charge in [-0.2, -0.15) is 0 Å². The third-order valence-electron chi connectivity index (χ3n) is 7.87.